The highest BCUT2D eigenvalue weighted by Gasteiger charge is 2.39. The summed E-state index contributed by atoms with van der Waals surface area (Å²) in [6.45, 7) is 1.81. The highest BCUT2D eigenvalue weighted by atomic mass is 32.2. The lowest BCUT2D eigenvalue weighted by atomic mass is 9.98. The fourth-order valence-corrected chi connectivity index (χ4v) is 4.33. The summed E-state index contributed by atoms with van der Waals surface area (Å²) in [5.41, 5.74) is 1.99. The number of rotatable bonds is 4. The maximum absolute atomic E-state index is 14.4. The first kappa shape index (κ1) is 16.6. The van der Waals surface area contributed by atoms with Crippen LogP contribution < -0.4 is 5.14 Å². The van der Waals surface area contributed by atoms with Crippen molar-refractivity contribution in [2.75, 3.05) is 6.61 Å². The minimum atomic E-state index is -4.04. The Hall–Kier alpha value is -2.25. The highest BCUT2D eigenvalue weighted by molar-refractivity contribution is 7.89. The van der Waals surface area contributed by atoms with Gasteiger partial charge in [-0.1, -0.05) is 30.3 Å². The number of fused-ring (bicyclic) bond motifs is 3. The molecular formula is C17H16FNO4S. The number of benzene rings is 2. The van der Waals surface area contributed by atoms with E-state index in [-0.39, 0.29) is 24.2 Å². The van der Waals surface area contributed by atoms with Gasteiger partial charge in [0, 0.05) is 5.56 Å². The fourth-order valence-electron chi connectivity index (χ4n) is 3.18. The second kappa shape index (κ2) is 5.99. The van der Waals surface area contributed by atoms with E-state index in [1.807, 2.05) is 0 Å². The van der Waals surface area contributed by atoms with Crippen LogP contribution in [-0.4, -0.2) is 21.0 Å². The molecule has 1 unspecified atom stereocenters. The van der Waals surface area contributed by atoms with Gasteiger partial charge in [-0.3, -0.25) is 4.79 Å². The van der Waals surface area contributed by atoms with E-state index in [1.165, 1.54) is 12.1 Å². The summed E-state index contributed by atoms with van der Waals surface area (Å²) in [6, 6.07) is 9.62. The third-order valence-corrected chi connectivity index (χ3v) is 5.20. The summed E-state index contributed by atoms with van der Waals surface area (Å²) in [5.74, 6) is -1.27. The summed E-state index contributed by atoms with van der Waals surface area (Å²) >= 11 is 0. The van der Waals surface area contributed by atoms with E-state index >= 15 is 0 Å². The zero-order valence-electron chi connectivity index (χ0n) is 13.0. The van der Waals surface area contributed by atoms with Gasteiger partial charge in [0.1, 0.15) is 11.1 Å². The van der Waals surface area contributed by atoms with E-state index in [0.717, 1.165) is 0 Å². The topological polar surface area (TPSA) is 86.5 Å². The summed E-state index contributed by atoms with van der Waals surface area (Å²) in [4.78, 5) is 11.8. The molecule has 2 aromatic carbocycles. The molecule has 0 aromatic heterocycles. The van der Waals surface area contributed by atoms with Gasteiger partial charge in [-0.05, 0) is 35.2 Å². The van der Waals surface area contributed by atoms with Crippen molar-refractivity contribution < 1.29 is 22.3 Å². The second-order valence-corrected chi connectivity index (χ2v) is 7.17. The summed E-state index contributed by atoms with van der Waals surface area (Å²) in [5, 5.41) is 4.22. The molecule has 0 radical (unpaired) electrons. The smallest absolute Gasteiger partial charge is 0.310 e. The van der Waals surface area contributed by atoms with Crippen LogP contribution in [0.1, 0.15) is 28.9 Å². The third-order valence-electron chi connectivity index (χ3n) is 4.05. The van der Waals surface area contributed by atoms with Crippen molar-refractivity contribution in [3.8, 4) is 11.1 Å². The number of esters is 1. The largest absolute Gasteiger partial charge is 0.466 e. The summed E-state index contributed by atoms with van der Waals surface area (Å²) in [6.07, 6.45) is -0.344. The molecule has 5 nitrogen and oxygen atoms in total. The Morgan fingerprint density at radius 2 is 1.92 bits per heavy atom. The zero-order chi connectivity index (χ0) is 17.5. The van der Waals surface area contributed by atoms with Gasteiger partial charge in [-0.25, -0.2) is 17.9 Å². The van der Waals surface area contributed by atoms with Crippen LogP contribution in [0.15, 0.2) is 36.4 Å². The van der Waals surface area contributed by atoms with Crippen molar-refractivity contribution in [3.63, 3.8) is 0 Å². The van der Waals surface area contributed by atoms with Gasteiger partial charge in [0.25, 0.3) is 0 Å². The molecule has 0 aliphatic heterocycles. The molecule has 7 heteroatoms. The van der Waals surface area contributed by atoms with Gasteiger partial charge in [0.15, 0.2) is 0 Å². The predicted molar refractivity (Wildman–Crippen MR) is 87.1 cm³/mol. The van der Waals surface area contributed by atoms with Crippen LogP contribution in [-0.2, 0) is 26.0 Å². The summed E-state index contributed by atoms with van der Waals surface area (Å²) in [7, 11) is -4.04. The van der Waals surface area contributed by atoms with Crippen molar-refractivity contribution in [1.82, 2.24) is 0 Å². The Balaban J connectivity index is 2.25. The maximum Gasteiger partial charge on any atom is 0.310 e. The van der Waals surface area contributed by atoms with E-state index in [1.54, 1.807) is 31.2 Å². The molecule has 0 saturated heterocycles. The van der Waals surface area contributed by atoms with Gasteiger partial charge in [-0.2, -0.15) is 0 Å². The molecule has 126 valence electrons. The Morgan fingerprint density at radius 3 is 2.58 bits per heavy atom. The van der Waals surface area contributed by atoms with Crippen LogP contribution in [0.25, 0.3) is 11.1 Å². The minimum Gasteiger partial charge on any atom is -0.466 e. The number of carbonyl (C=O) groups is 1. The number of nitrogens with two attached hydrogens (primary N) is 1. The molecule has 0 bridgehead atoms. The first-order chi connectivity index (χ1) is 11.3. The number of carbonyl (C=O) groups excluding carboxylic acids is 1. The van der Waals surface area contributed by atoms with E-state index in [0.29, 0.717) is 16.7 Å². The van der Waals surface area contributed by atoms with Crippen molar-refractivity contribution in [3.05, 3.63) is 58.9 Å². The number of halogens is 1. The van der Waals surface area contributed by atoms with Crippen LogP contribution >= 0.6 is 0 Å². The average Bonchev–Trinajstić information content (AvgIpc) is 2.85. The first-order valence-corrected chi connectivity index (χ1v) is 9.03. The zero-order valence-corrected chi connectivity index (χ0v) is 13.8. The van der Waals surface area contributed by atoms with Crippen LogP contribution in [0.3, 0.4) is 0 Å². The minimum absolute atomic E-state index is 0.0150. The van der Waals surface area contributed by atoms with Crippen LogP contribution in [0, 0.1) is 5.82 Å². The molecule has 2 aromatic rings. The number of sulfonamides is 1. The molecular weight excluding hydrogens is 333 g/mol. The molecule has 3 rings (SSSR count). The van der Waals surface area contributed by atoms with E-state index in [4.69, 9.17) is 9.88 Å². The molecule has 24 heavy (non-hydrogen) atoms. The fraction of sp³-hybridized carbons (Fsp3) is 0.235. The van der Waals surface area contributed by atoms with Crippen molar-refractivity contribution >= 4 is 16.0 Å². The molecule has 0 heterocycles. The molecule has 0 fully saturated rings. The Kier molecular flexibility index (Phi) is 4.15. The monoisotopic (exact) mass is 349 g/mol. The van der Waals surface area contributed by atoms with Gasteiger partial charge in [0.05, 0.1) is 13.0 Å². The number of hydrogen-bond acceptors (Lipinski definition) is 4. The van der Waals surface area contributed by atoms with Crippen molar-refractivity contribution in [1.29, 1.82) is 0 Å². The Labute approximate surface area is 139 Å². The lowest BCUT2D eigenvalue weighted by Gasteiger charge is -2.15. The second-order valence-electron chi connectivity index (χ2n) is 5.53. The Morgan fingerprint density at radius 1 is 1.21 bits per heavy atom. The van der Waals surface area contributed by atoms with Crippen molar-refractivity contribution in [2.24, 2.45) is 5.14 Å². The van der Waals surface area contributed by atoms with Gasteiger partial charge >= 0.3 is 5.97 Å². The van der Waals surface area contributed by atoms with Crippen LogP contribution in [0.2, 0.25) is 0 Å². The standard InChI is InChI=1S/C17H16FNO4S/c1-2-23-15(20)9-13-14(18)8-7-11-10-5-3-4-6-12(10)17(16(11)13)24(19,21)22/h3-8,17H,2,9H2,1H3,(H2,19,21,22). The Bertz CT molecular complexity index is 924. The lowest BCUT2D eigenvalue weighted by Crippen LogP contribution is -2.23. The molecule has 0 spiro atoms. The highest BCUT2D eigenvalue weighted by Crippen LogP contribution is 2.48. The predicted octanol–water partition coefficient (Wildman–Crippen LogP) is 2.29. The maximum atomic E-state index is 14.4. The lowest BCUT2D eigenvalue weighted by molar-refractivity contribution is -0.142. The quantitative estimate of drug-likeness (QED) is 0.858. The SMILES string of the molecule is CCOC(=O)Cc1c(F)ccc2c1C(S(N)(=O)=O)c1ccccc1-2. The number of hydrogen-bond donors (Lipinski definition) is 1. The molecule has 0 saturated carbocycles. The first-order valence-electron chi connectivity index (χ1n) is 7.42. The molecule has 1 atom stereocenters. The number of primary sulfonamides is 1. The van der Waals surface area contributed by atoms with Gasteiger partial charge in [0.2, 0.25) is 10.0 Å². The van der Waals surface area contributed by atoms with E-state index in [2.05, 4.69) is 0 Å². The number of ether oxygens (including phenoxy) is 1. The molecule has 1 aliphatic rings. The van der Waals surface area contributed by atoms with Gasteiger partial charge < -0.3 is 4.74 Å². The average molecular weight is 349 g/mol. The van der Waals surface area contributed by atoms with Gasteiger partial charge in [-0.15, -0.1) is 0 Å². The molecule has 1 aliphatic carbocycles. The molecule has 0 amide bonds. The molecule has 2 N–H and O–H groups in total. The van der Waals surface area contributed by atoms with Crippen molar-refractivity contribution in [2.45, 2.75) is 18.6 Å². The summed E-state index contributed by atoms with van der Waals surface area (Å²) < 4.78 is 43.6. The van der Waals surface area contributed by atoms with Crippen LogP contribution in [0.5, 0.6) is 0 Å². The van der Waals surface area contributed by atoms with Crippen LogP contribution in [0.4, 0.5) is 4.39 Å². The third kappa shape index (κ3) is 2.70. The van der Waals surface area contributed by atoms with E-state index < -0.39 is 27.1 Å². The van der Waals surface area contributed by atoms with E-state index in [9.17, 15) is 17.6 Å². The normalized spacial score (nSPS) is 15.7.